The molecule has 1 aromatic heterocycles. The van der Waals surface area contributed by atoms with Crippen LogP contribution in [0.25, 0.3) is 10.9 Å². The maximum Gasteiger partial charge on any atom is 0.282 e. The molecule has 1 fully saturated rings. The fourth-order valence-electron chi connectivity index (χ4n) is 5.02. The van der Waals surface area contributed by atoms with E-state index in [1.807, 2.05) is 56.3 Å². The van der Waals surface area contributed by atoms with Crippen LogP contribution in [-0.4, -0.2) is 22.5 Å². The van der Waals surface area contributed by atoms with Gasteiger partial charge in [0.2, 0.25) is 0 Å². The number of hydrogen-bond donors (Lipinski definition) is 0. The standard InChI is InChI=1S/C31H32ClN3O3/c1-3-37-28-18-23(17-26(32)29(28)38-20-22-11-9-10-21(2)16-22)19-33-35-30(24-12-5-4-6-13-24)34-27-15-8-7-14-25(27)31(35)36/h7-11,14-19,24H,3-6,12-13,20H2,1-2H3. The Hall–Kier alpha value is -3.64. The number of nitrogens with zero attached hydrogens (tertiary/aromatic N) is 3. The Balaban J connectivity index is 1.49. The van der Waals surface area contributed by atoms with Crippen LogP contribution in [0.4, 0.5) is 0 Å². The van der Waals surface area contributed by atoms with Crippen LogP contribution in [-0.2, 0) is 6.61 Å². The highest BCUT2D eigenvalue weighted by atomic mass is 35.5. The molecule has 0 saturated heterocycles. The van der Waals surface area contributed by atoms with E-state index in [0.717, 1.165) is 37.1 Å². The van der Waals surface area contributed by atoms with Gasteiger partial charge in [0, 0.05) is 5.92 Å². The number of halogens is 1. The molecular formula is C31H32ClN3O3. The van der Waals surface area contributed by atoms with Gasteiger partial charge in [-0.25, -0.2) is 4.98 Å². The Morgan fingerprint density at radius 2 is 1.87 bits per heavy atom. The second kappa shape index (κ2) is 11.8. The zero-order valence-electron chi connectivity index (χ0n) is 21.8. The van der Waals surface area contributed by atoms with Crippen molar-refractivity contribution in [2.75, 3.05) is 6.61 Å². The van der Waals surface area contributed by atoms with E-state index in [0.29, 0.717) is 46.2 Å². The number of para-hydroxylation sites is 1. The lowest BCUT2D eigenvalue weighted by molar-refractivity contribution is 0.269. The number of aromatic nitrogens is 2. The summed E-state index contributed by atoms with van der Waals surface area (Å²) in [5.41, 5.74) is 3.46. The Morgan fingerprint density at radius 3 is 2.66 bits per heavy atom. The highest BCUT2D eigenvalue weighted by Gasteiger charge is 2.22. The highest BCUT2D eigenvalue weighted by Crippen LogP contribution is 2.37. The van der Waals surface area contributed by atoms with Gasteiger partial charge in [-0.2, -0.15) is 9.78 Å². The first-order valence-corrected chi connectivity index (χ1v) is 13.6. The van der Waals surface area contributed by atoms with E-state index in [-0.39, 0.29) is 11.5 Å². The predicted octanol–water partition coefficient (Wildman–Crippen LogP) is 7.27. The van der Waals surface area contributed by atoms with Crippen molar-refractivity contribution in [3.63, 3.8) is 0 Å². The molecule has 0 radical (unpaired) electrons. The molecule has 0 spiro atoms. The topological polar surface area (TPSA) is 65.7 Å². The molecular weight excluding hydrogens is 498 g/mol. The molecule has 1 aliphatic rings. The third-order valence-electron chi connectivity index (χ3n) is 6.87. The molecule has 196 valence electrons. The van der Waals surface area contributed by atoms with Crippen molar-refractivity contribution in [1.82, 2.24) is 9.66 Å². The van der Waals surface area contributed by atoms with Crippen molar-refractivity contribution in [2.45, 2.75) is 58.5 Å². The van der Waals surface area contributed by atoms with Crippen molar-refractivity contribution in [3.8, 4) is 11.5 Å². The third kappa shape index (κ3) is 5.76. The van der Waals surface area contributed by atoms with Gasteiger partial charge in [0.25, 0.3) is 5.56 Å². The van der Waals surface area contributed by atoms with E-state index >= 15 is 0 Å². The van der Waals surface area contributed by atoms with Gasteiger partial charge >= 0.3 is 0 Å². The summed E-state index contributed by atoms with van der Waals surface area (Å²) < 4.78 is 13.4. The van der Waals surface area contributed by atoms with Crippen molar-refractivity contribution < 1.29 is 9.47 Å². The molecule has 0 unspecified atom stereocenters. The van der Waals surface area contributed by atoms with Crippen LogP contribution in [0.1, 0.15) is 67.5 Å². The van der Waals surface area contributed by atoms with Crippen LogP contribution in [0.5, 0.6) is 11.5 Å². The summed E-state index contributed by atoms with van der Waals surface area (Å²) in [5, 5.41) is 5.61. The minimum Gasteiger partial charge on any atom is -0.490 e. The number of benzene rings is 3. The second-order valence-corrected chi connectivity index (χ2v) is 10.1. The average Bonchev–Trinajstić information content (AvgIpc) is 2.93. The van der Waals surface area contributed by atoms with Crippen LogP contribution in [0, 0.1) is 6.92 Å². The second-order valence-electron chi connectivity index (χ2n) is 9.72. The quantitative estimate of drug-likeness (QED) is 0.225. The molecule has 1 saturated carbocycles. The van der Waals surface area contributed by atoms with Gasteiger partial charge in [0.05, 0.1) is 28.7 Å². The maximum absolute atomic E-state index is 13.5. The van der Waals surface area contributed by atoms with Gasteiger partial charge in [-0.3, -0.25) is 4.79 Å². The largest absolute Gasteiger partial charge is 0.490 e. The summed E-state index contributed by atoms with van der Waals surface area (Å²) in [5.74, 6) is 1.95. The first kappa shape index (κ1) is 26.0. The summed E-state index contributed by atoms with van der Waals surface area (Å²) in [6, 6.07) is 19.2. The number of fused-ring (bicyclic) bond motifs is 1. The zero-order chi connectivity index (χ0) is 26.5. The molecule has 6 nitrogen and oxygen atoms in total. The summed E-state index contributed by atoms with van der Waals surface area (Å²) in [6.07, 6.45) is 7.14. The Kier molecular flexibility index (Phi) is 8.08. The van der Waals surface area contributed by atoms with Crippen LogP contribution in [0.3, 0.4) is 0 Å². The maximum atomic E-state index is 13.5. The summed E-state index contributed by atoms with van der Waals surface area (Å²) in [7, 11) is 0. The van der Waals surface area contributed by atoms with Crippen molar-refractivity contribution in [2.24, 2.45) is 5.10 Å². The fraction of sp³-hybridized carbons (Fsp3) is 0.323. The molecule has 0 atom stereocenters. The number of hydrogen-bond acceptors (Lipinski definition) is 5. The lowest BCUT2D eigenvalue weighted by Gasteiger charge is -2.22. The first-order chi connectivity index (χ1) is 18.5. The molecule has 1 aliphatic carbocycles. The molecule has 38 heavy (non-hydrogen) atoms. The van der Waals surface area contributed by atoms with Crippen molar-refractivity contribution in [3.05, 3.63) is 98.6 Å². The van der Waals surface area contributed by atoms with Crippen LogP contribution in [0.15, 0.2) is 70.6 Å². The van der Waals surface area contributed by atoms with Crippen molar-refractivity contribution >= 4 is 28.7 Å². The van der Waals surface area contributed by atoms with E-state index in [2.05, 4.69) is 11.2 Å². The van der Waals surface area contributed by atoms with Crippen LogP contribution in [0.2, 0.25) is 5.02 Å². The fourth-order valence-corrected chi connectivity index (χ4v) is 5.30. The van der Waals surface area contributed by atoms with Gasteiger partial charge in [-0.1, -0.05) is 72.8 Å². The minimum absolute atomic E-state index is 0.165. The summed E-state index contributed by atoms with van der Waals surface area (Å²) in [6.45, 7) is 4.79. The van der Waals surface area contributed by atoms with Crippen LogP contribution >= 0.6 is 11.6 Å². The lowest BCUT2D eigenvalue weighted by Crippen LogP contribution is -2.25. The molecule has 3 aromatic carbocycles. The smallest absolute Gasteiger partial charge is 0.282 e. The van der Waals surface area contributed by atoms with E-state index in [4.69, 9.17) is 26.1 Å². The van der Waals surface area contributed by atoms with E-state index in [1.165, 1.54) is 16.7 Å². The number of rotatable bonds is 8. The number of aryl methyl sites for hydroxylation is 1. The normalized spacial score (nSPS) is 14.3. The molecule has 5 rings (SSSR count). The molecule has 0 N–H and O–H groups in total. The molecule has 0 amide bonds. The van der Waals surface area contributed by atoms with Crippen LogP contribution < -0.4 is 15.0 Å². The molecule has 4 aromatic rings. The first-order valence-electron chi connectivity index (χ1n) is 13.2. The van der Waals surface area contributed by atoms with Gasteiger partial charge in [-0.05, 0) is 62.1 Å². The van der Waals surface area contributed by atoms with Gasteiger partial charge in [0.1, 0.15) is 12.4 Å². The Bertz CT molecular complexity index is 1520. The molecule has 1 heterocycles. The summed E-state index contributed by atoms with van der Waals surface area (Å²) in [4.78, 5) is 18.4. The predicted molar refractivity (Wildman–Crippen MR) is 153 cm³/mol. The average molecular weight is 530 g/mol. The molecule has 7 heteroatoms. The monoisotopic (exact) mass is 529 g/mol. The van der Waals surface area contributed by atoms with E-state index in [1.54, 1.807) is 18.3 Å². The third-order valence-corrected chi connectivity index (χ3v) is 7.15. The van der Waals surface area contributed by atoms with Crippen molar-refractivity contribution in [1.29, 1.82) is 0 Å². The molecule has 0 bridgehead atoms. The zero-order valence-corrected chi connectivity index (χ0v) is 22.6. The molecule has 0 aliphatic heterocycles. The minimum atomic E-state index is -0.165. The Morgan fingerprint density at radius 1 is 1.05 bits per heavy atom. The summed E-state index contributed by atoms with van der Waals surface area (Å²) >= 11 is 6.66. The SMILES string of the molecule is CCOc1cc(C=Nn2c(C3CCCCC3)nc3ccccc3c2=O)cc(Cl)c1OCc1cccc(C)c1. The van der Waals surface area contributed by atoms with Gasteiger partial charge < -0.3 is 9.47 Å². The number of ether oxygens (including phenoxy) is 2. The van der Waals surface area contributed by atoms with E-state index in [9.17, 15) is 4.79 Å². The van der Waals surface area contributed by atoms with E-state index < -0.39 is 0 Å². The highest BCUT2D eigenvalue weighted by molar-refractivity contribution is 6.32. The lowest BCUT2D eigenvalue weighted by atomic mass is 9.88. The van der Waals surface area contributed by atoms with Gasteiger partial charge in [-0.15, -0.1) is 0 Å². The Labute approximate surface area is 227 Å². The van der Waals surface area contributed by atoms with Gasteiger partial charge in [0.15, 0.2) is 11.5 Å².